The SMILES string of the molecule is CCn1ccc(CC(O)C(F)(F)F)n1. The van der Waals surface area contributed by atoms with Crippen LogP contribution in [0.4, 0.5) is 13.2 Å². The maximum absolute atomic E-state index is 11.9. The van der Waals surface area contributed by atoms with Gasteiger partial charge in [-0.25, -0.2) is 0 Å². The van der Waals surface area contributed by atoms with Crippen LogP contribution in [-0.2, 0) is 13.0 Å². The van der Waals surface area contributed by atoms with Crippen molar-refractivity contribution < 1.29 is 18.3 Å². The van der Waals surface area contributed by atoms with Crippen molar-refractivity contribution in [3.8, 4) is 0 Å². The van der Waals surface area contributed by atoms with Gasteiger partial charge >= 0.3 is 6.18 Å². The van der Waals surface area contributed by atoms with E-state index in [-0.39, 0.29) is 5.69 Å². The number of aliphatic hydroxyl groups excluding tert-OH is 1. The lowest BCUT2D eigenvalue weighted by Gasteiger charge is -2.12. The molecular weight excluding hydrogens is 197 g/mol. The van der Waals surface area contributed by atoms with E-state index in [9.17, 15) is 13.2 Å². The van der Waals surface area contributed by atoms with Crippen LogP contribution in [0.3, 0.4) is 0 Å². The zero-order valence-electron chi connectivity index (χ0n) is 7.62. The highest BCUT2D eigenvalue weighted by Crippen LogP contribution is 2.22. The molecule has 1 rings (SSSR count). The maximum atomic E-state index is 11.9. The minimum atomic E-state index is -4.57. The van der Waals surface area contributed by atoms with E-state index in [1.54, 1.807) is 6.20 Å². The molecule has 0 radical (unpaired) electrons. The minimum Gasteiger partial charge on any atom is -0.383 e. The largest absolute Gasteiger partial charge is 0.414 e. The molecule has 3 nitrogen and oxygen atoms in total. The zero-order chi connectivity index (χ0) is 10.8. The smallest absolute Gasteiger partial charge is 0.383 e. The lowest BCUT2D eigenvalue weighted by Crippen LogP contribution is -2.30. The first-order chi connectivity index (χ1) is 6.43. The standard InChI is InChI=1S/C8H11F3N2O/c1-2-13-4-3-6(12-13)5-7(14)8(9,10)11/h3-4,7,14H,2,5H2,1H3. The van der Waals surface area contributed by atoms with E-state index >= 15 is 0 Å². The summed E-state index contributed by atoms with van der Waals surface area (Å²) < 4.78 is 37.3. The summed E-state index contributed by atoms with van der Waals surface area (Å²) in [5.41, 5.74) is 0.247. The van der Waals surface area contributed by atoms with Gasteiger partial charge in [0, 0.05) is 19.2 Å². The zero-order valence-corrected chi connectivity index (χ0v) is 7.62. The number of aliphatic hydroxyl groups is 1. The van der Waals surface area contributed by atoms with Gasteiger partial charge < -0.3 is 5.11 Å². The molecule has 80 valence electrons. The third kappa shape index (κ3) is 2.73. The second kappa shape index (κ2) is 4.00. The van der Waals surface area contributed by atoms with Crippen molar-refractivity contribution in [2.45, 2.75) is 32.2 Å². The average Bonchev–Trinajstić information content (AvgIpc) is 2.50. The molecule has 0 fully saturated rings. The van der Waals surface area contributed by atoms with Crippen LogP contribution in [0.25, 0.3) is 0 Å². The van der Waals surface area contributed by atoms with E-state index in [0.717, 1.165) is 0 Å². The van der Waals surface area contributed by atoms with Gasteiger partial charge in [-0.15, -0.1) is 0 Å². The van der Waals surface area contributed by atoms with Crippen LogP contribution in [0.15, 0.2) is 12.3 Å². The van der Waals surface area contributed by atoms with Gasteiger partial charge in [0.05, 0.1) is 5.69 Å². The fraction of sp³-hybridized carbons (Fsp3) is 0.625. The lowest BCUT2D eigenvalue weighted by molar-refractivity contribution is -0.203. The predicted octanol–water partition coefficient (Wildman–Crippen LogP) is 1.37. The summed E-state index contributed by atoms with van der Waals surface area (Å²) in [6.07, 6.45) is -5.81. The fourth-order valence-corrected chi connectivity index (χ4v) is 1.00. The van der Waals surface area contributed by atoms with E-state index in [2.05, 4.69) is 5.10 Å². The van der Waals surface area contributed by atoms with Gasteiger partial charge in [0.2, 0.25) is 0 Å². The average molecular weight is 208 g/mol. The quantitative estimate of drug-likeness (QED) is 0.814. The number of hydrogen-bond acceptors (Lipinski definition) is 2. The van der Waals surface area contributed by atoms with Crippen LogP contribution in [0.5, 0.6) is 0 Å². The molecule has 0 bridgehead atoms. The van der Waals surface area contributed by atoms with Crippen molar-refractivity contribution in [2.75, 3.05) is 0 Å². The Kier molecular flexibility index (Phi) is 3.15. The van der Waals surface area contributed by atoms with Crippen molar-refractivity contribution in [1.29, 1.82) is 0 Å². The van der Waals surface area contributed by atoms with Gasteiger partial charge in [-0.2, -0.15) is 18.3 Å². The van der Waals surface area contributed by atoms with Gasteiger partial charge in [-0.05, 0) is 13.0 Å². The van der Waals surface area contributed by atoms with Crippen molar-refractivity contribution in [3.63, 3.8) is 0 Å². The Labute approximate surface area is 79.2 Å². The summed E-state index contributed by atoms with van der Waals surface area (Å²) in [6, 6.07) is 1.47. The molecule has 1 atom stereocenters. The predicted molar refractivity (Wildman–Crippen MR) is 43.7 cm³/mol. The first-order valence-electron chi connectivity index (χ1n) is 4.20. The summed E-state index contributed by atoms with van der Waals surface area (Å²) in [4.78, 5) is 0. The van der Waals surface area contributed by atoms with E-state index in [1.807, 2.05) is 6.92 Å². The van der Waals surface area contributed by atoms with Crippen LogP contribution >= 0.6 is 0 Å². The Morgan fingerprint density at radius 1 is 1.57 bits per heavy atom. The van der Waals surface area contributed by atoms with Crippen LogP contribution in [-0.4, -0.2) is 27.2 Å². The molecular formula is C8H11F3N2O. The summed E-state index contributed by atoms with van der Waals surface area (Å²) in [7, 11) is 0. The van der Waals surface area contributed by atoms with Crippen molar-refractivity contribution in [1.82, 2.24) is 9.78 Å². The Bertz CT molecular complexity index is 295. The first-order valence-corrected chi connectivity index (χ1v) is 4.20. The van der Waals surface area contributed by atoms with Gasteiger partial charge in [0.25, 0.3) is 0 Å². The van der Waals surface area contributed by atoms with Gasteiger partial charge in [0.1, 0.15) is 0 Å². The molecule has 14 heavy (non-hydrogen) atoms. The number of nitrogens with zero attached hydrogens (tertiary/aromatic N) is 2. The molecule has 0 aliphatic heterocycles. The van der Waals surface area contributed by atoms with E-state index in [4.69, 9.17) is 5.11 Å². The topological polar surface area (TPSA) is 38.0 Å². The Hall–Kier alpha value is -1.04. The molecule has 1 N–H and O–H groups in total. The number of aromatic nitrogens is 2. The van der Waals surface area contributed by atoms with Crippen LogP contribution < -0.4 is 0 Å². The Morgan fingerprint density at radius 3 is 2.64 bits per heavy atom. The highest BCUT2D eigenvalue weighted by Gasteiger charge is 2.38. The number of aryl methyl sites for hydroxylation is 1. The number of rotatable bonds is 3. The number of halogens is 3. The highest BCUT2D eigenvalue weighted by molar-refractivity contribution is 5.01. The molecule has 0 aliphatic carbocycles. The van der Waals surface area contributed by atoms with Crippen molar-refractivity contribution >= 4 is 0 Å². The molecule has 0 spiro atoms. The molecule has 6 heteroatoms. The van der Waals surface area contributed by atoms with Crippen molar-refractivity contribution in [2.24, 2.45) is 0 Å². The van der Waals surface area contributed by atoms with Gasteiger partial charge in [-0.3, -0.25) is 4.68 Å². The van der Waals surface area contributed by atoms with E-state index < -0.39 is 18.7 Å². The molecule has 0 amide bonds. The van der Waals surface area contributed by atoms with Gasteiger partial charge in [-0.1, -0.05) is 0 Å². The third-order valence-corrected chi connectivity index (χ3v) is 1.80. The molecule has 0 saturated carbocycles. The number of alkyl halides is 3. The first kappa shape index (κ1) is 11.0. The number of hydrogen-bond donors (Lipinski definition) is 1. The molecule has 0 aliphatic rings. The molecule has 1 aromatic rings. The van der Waals surface area contributed by atoms with Crippen LogP contribution in [0, 0.1) is 0 Å². The summed E-state index contributed by atoms with van der Waals surface area (Å²) in [5, 5.41) is 12.6. The van der Waals surface area contributed by atoms with E-state index in [0.29, 0.717) is 6.54 Å². The second-order valence-corrected chi connectivity index (χ2v) is 2.92. The molecule has 1 unspecified atom stereocenters. The minimum absolute atomic E-state index is 0.247. The maximum Gasteiger partial charge on any atom is 0.414 e. The highest BCUT2D eigenvalue weighted by atomic mass is 19.4. The summed E-state index contributed by atoms with van der Waals surface area (Å²) in [6.45, 7) is 2.43. The van der Waals surface area contributed by atoms with Crippen LogP contribution in [0.1, 0.15) is 12.6 Å². The molecule has 0 aromatic carbocycles. The van der Waals surface area contributed by atoms with Crippen LogP contribution in [0.2, 0.25) is 0 Å². The van der Waals surface area contributed by atoms with Crippen molar-refractivity contribution in [3.05, 3.63) is 18.0 Å². The van der Waals surface area contributed by atoms with Gasteiger partial charge in [0.15, 0.2) is 6.10 Å². The van der Waals surface area contributed by atoms with E-state index in [1.165, 1.54) is 10.7 Å². The molecule has 1 aromatic heterocycles. The lowest BCUT2D eigenvalue weighted by atomic mass is 10.2. The second-order valence-electron chi connectivity index (χ2n) is 2.92. The molecule has 1 heterocycles. The summed E-state index contributed by atoms with van der Waals surface area (Å²) in [5.74, 6) is 0. The molecule has 0 saturated heterocycles. The Morgan fingerprint density at radius 2 is 2.21 bits per heavy atom. The monoisotopic (exact) mass is 208 g/mol. The normalized spacial score (nSPS) is 14.4. The fourth-order valence-electron chi connectivity index (χ4n) is 1.00. The Balaban J connectivity index is 2.60. The third-order valence-electron chi connectivity index (χ3n) is 1.80. The summed E-state index contributed by atoms with van der Waals surface area (Å²) >= 11 is 0.